The van der Waals surface area contributed by atoms with Crippen molar-refractivity contribution in [2.24, 2.45) is 0 Å². The van der Waals surface area contributed by atoms with Gasteiger partial charge in [0.1, 0.15) is 11.5 Å². The highest BCUT2D eigenvalue weighted by Crippen LogP contribution is 2.40. The normalized spacial score (nSPS) is 17.8. The van der Waals surface area contributed by atoms with Crippen molar-refractivity contribution in [3.63, 3.8) is 0 Å². The first kappa shape index (κ1) is 23.0. The van der Waals surface area contributed by atoms with E-state index < -0.39 is 28.4 Å². The minimum Gasteiger partial charge on any atom is -0.507 e. The second-order valence-electron chi connectivity index (χ2n) is 7.73. The first-order valence-corrected chi connectivity index (χ1v) is 10.1. The van der Waals surface area contributed by atoms with Gasteiger partial charge in [0.2, 0.25) is 0 Å². The zero-order valence-corrected chi connectivity index (χ0v) is 18.1. The number of aliphatic hydroxyl groups excluding tert-OH is 1. The number of carbonyl (C=O) groups excluding carboxylic acids is 2. The van der Waals surface area contributed by atoms with E-state index in [2.05, 4.69) is 0 Å². The number of nitro groups is 1. The summed E-state index contributed by atoms with van der Waals surface area (Å²) in [6.07, 6.45) is 0.628. The molecule has 1 fully saturated rings. The molecule has 0 spiro atoms. The van der Waals surface area contributed by atoms with Crippen molar-refractivity contribution in [1.29, 1.82) is 0 Å². The van der Waals surface area contributed by atoms with Crippen LogP contribution in [0.25, 0.3) is 5.76 Å². The lowest BCUT2D eigenvalue weighted by Crippen LogP contribution is -2.32. The number of ether oxygens (including phenoxy) is 1. The molecule has 2 aromatic rings. The number of rotatable bonds is 8. The Kier molecular flexibility index (Phi) is 6.89. The summed E-state index contributed by atoms with van der Waals surface area (Å²) >= 11 is 0. The zero-order valence-electron chi connectivity index (χ0n) is 18.1. The van der Waals surface area contributed by atoms with Crippen LogP contribution >= 0.6 is 0 Å². The molecule has 2 aromatic carbocycles. The third kappa shape index (κ3) is 4.62. The molecule has 1 aliphatic heterocycles. The highest BCUT2D eigenvalue weighted by molar-refractivity contribution is 6.46. The maximum absolute atomic E-state index is 13.0. The van der Waals surface area contributed by atoms with Gasteiger partial charge in [0, 0.05) is 24.2 Å². The van der Waals surface area contributed by atoms with Crippen molar-refractivity contribution in [1.82, 2.24) is 9.80 Å². The highest BCUT2D eigenvalue weighted by atomic mass is 16.6. The Morgan fingerprint density at radius 1 is 1.19 bits per heavy atom. The summed E-state index contributed by atoms with van der Waals surface area (Å²) in [7, 11) is 5.36. The fourth-order valence-electron chi connectivity index (χ4n) is 3.72. The van der Waals surface area contributed by atoms with Crippen LogP contribution in [0.15, 0.2) is 54.1 Å². The summed E-state index contributed by atoms with van der Waals surface area (Å²) in [6.45, 7) is 1.02. The van der Waals surface area contributed by atoms with Crippen molar-refractivity contribution < 1.29 is 24.4 Å². The number of Topliss-reactive ketones (excluding diaryl/α,β-unsaturated/α-hetero) is 1. The van der Waals surface area contributed by atoms with Crippen molar-refractivity contribution in [2.75, 3.05) is 34.3 Å². The summed E-state index contributed by atoms with van der Waals surface area (Å²) in [4.78, 5) is 39.8. The van der Waals surface area contributed by atoms with Crippen LogP contribution in [-0.2, 0) is 9.59 Å². The van der Waals surface area contributed by atoms with Crippen LogP contribution in [0.5, 0.6) is 5.75 Å². The third-order valence-corrected chi connectivity index (χ3v) is 5.31. The molecular formula is C23H25N3O6. The van der Waals surface area contributed by atoms with E-state index in [1.807, 2.05) is 19.0 Å². The fourth-order valence-corrected chi connectivity index (χ4v) is 3.72. The first-order valence-electron chi connectivity index (χ1n) is 10.1. The van der Waals surface area contributed by atoms with Crippen LogP contribution in [0.1, 0.15) is 23.6 Å². The van der Waals surface area contributed by atoms with Gasteiger partial charge in [-0.25, -0.2) is 0 Å². The monoisotopic (exact) mass is 439 g/mol. The number of hydrogen-bond donors (Lipinski definition) is 1. The third-order valence-electron chi connectivity index (χ3n) is 5.31. The zero-order chi connectivity index (χ0) is 23.4. The highest BCUT2D eigenvalue weighted by Gasteiger charge is 2.45. The number of aliphatic hydroxyl groups is 1. The van der Waals surface area contributed by atoms with Gasteiger partial charge in [-0.3, -0.25) is 19.7 Å². The molecule has 1 atom stereocenters. The second kappa shape index (κ2) is 9.61. The van der Waals surface area contributed by atoms with Crippen LogP contribution < -0.4 is 4.74 Å². The smallest absolute Gasteiger partial charge is 0.295 e. The second-order valence-corrected chi connectivity index (χ2v) is 7.73. The molecule has 0 aromatic heterocycles. The number of benzene rings is 2. The van der Waals surface area contributed by atoms with Gasteiger partial charge in [-0.05, 0) is 44.8 Å². The summed E-state index contributed by atoms with van der Waals surface area (Å²) in [5.74, 6) is -1.36. The van der Waals surface area contributed by atoms with E-state index in [1.165, 1.54) is 36.3 Å². The van der Waals surface area contributed by atoms with E-state index in [0.717, 1.165) is 0 Å². The number of methoxy groups -OCH3 is 1. The molecule has 1 unspecified atom stereocenters. The molecule has 0 bridgehead atoms. The van der Waals surface area contributed by atoms with Crippen molar-refractivity contribution >= 4 is 23.1 Å². The molecule has 168 valence electrons. The summed E-state index contributed by atoms with van der Waals surface area (Å²) in [5.41, 5.74) is 0.409. The minimum atomic E-state index is -0.820. The van der Waals surface area contributed by atoms with Gasteiger partial charge < -0.3 is 19.6 Å². The molecule has 3 rings (SSSR count). The van der Waals surface area contributed by atoms with Crippen molar-refractivity contribution in [3.05, 3.63) is 75.3 Å². The molecule has 0 aliphatic carbocycles. The molecule has 1 aliphatic rings. The summed E-state index contributed by atoms with van der Waals surface area (Å²) in [5, 5.41) is 22.2. The number of nitrogens with zero attached hydrogens (tertiary/aromatic N) is 3. The van der Waals surface area contributed by atoms with E-state index in [-0.39, 0.29) is 16.8 Å². The number of amides is 1. The van der Waals surface area contributed by atoms with Gasteiger partial charge in [0.15, 0.2) is 0 Å². The van der Waals surface area contributed by atoms with Crippen LogP contribution in [0.3, 0.4) is 0 Å². The average Bonchev–Trinajstić information content (AvgIpc) is 3.03. The van der Waals surface area contributed by atoms with Gasteiger partial charge in [-0.15, -0.1) is 0 Å². The summed E-state index contributed by atoms with van der Waals surface area (Å²) < 4.78 is 5.19. The lowest BCUT2D eigenvalue weighted by atomic mass is 9.95. The van der Waals surface area contributed by atoms with E-state index in [4.69, 9.17) is 4.74 Å². The van der Waals surface area contributed by atoms with E-state index in [9.17, 15) is 24.8 Å². The number of likely N-dealkylation sites (tertiary alicyclic amines) is 1. The number of hydrogen-bond acceptors (Lipinski definition) is 7. The first-order chi connectivity index (χ1) is 15.2. The molecule has 1 heterocycles. The molecule has 32 heavy (non-hydrogen) atoms. The van der Waals surface area contributed by atoms with Crippen LogP contribution in [0.4, 0.5) is 5.69 Å². The van der Waals surface area contributed by atoms with E-state index in [1.54, 1.807) is 24.3 Å². The Bertz CT molecular complexity index is 1060. The number of carbonyl (C=O) groups is 2. The molecule has 1 saturated heterocycles. The van der Waals surface area contributed by atoms with Crippen LogP contribution in [0, 0.1) is 10.1 Å². The lowest BCUT2D eigenvalue weighted by molar-refractivity contribution is -0.384. The molecule has 0 saturated carbocycles. The maximum Gasteiger partial charge on any atom is 0.295 e. The molecule has 9 heteroatoms. The average molecular weight is 439 g/mol. The quantitative estimate of drug-likeness (QED) is 0.221. The Morgan fingerprint density at radius 2 is 1.88 bits per heavy atom. The molecule has 0 radical (unpaired) electrons. The molecule has 1 amide bonds. The predicted molar refractivity (Wildman–Crippen MR) is 118 cm³/mol. The maximum atomic E-state index is 13.0. The molecular weight excluding hydrogens is 414 g/mol. The Balaban J connectivity index is 2.11. The van der Waals surface area contributed by atoms with E-state index >= 15 is 0 Å². The van der Waals surface area contributed by atoms with Gasteiger partial charge in [-0.2, -0.15) is 0 Å². The number of non-ortho nitro benzene ring substituents is 1. The van der Waals surface area contributed by atoms with Crippen molar-refractivity contribution in [3.8, 4) is 5.75 Å². The topological polar surface area (TPSA) is 113 Å². The summed E-state index contributed by atoms with van der Waals surface area (Å²) in [6, 6.07) is 11.4. The fraction of sp³-hybridized carbons (Fsp3) is 0.304. The molecule has 1 N–H and O–H groups in total. The van der Waals surface area contributed by atoms with Crippen LogP contribution in [0.2, 0.25) is 0 Å². The Hall–Kier alpha value is -3.72. The van der Waals surface area contributed by atoms with Gasteiger partial charge >= 0.3 is 0 Å². The largest absolute Gasteiger partial charge is 0.507 e. The SMILES string of the molecule is COc1ccc(C2/C(=C(/O)c3cccc([N+](=O)[O-])c3)C(=O)C(=O)N2CCCN(C)C)cc1. The van der Waals surface area contributed by atoms with E-state index in [0.29, 0.717) is 30.8 Å². The number of nitro benzene ring substituents is 1. The van der Waals surface area contributed by atoms with Gasteiger partial charge in [-0.1, -0.05) is 24.3 Å². The minimum absolute atomic E-state index is 0.0921. The van der Waals surface area contributed by atoms with Crippen LogP contribution in [-0.4, -0.2) is 65.8 Å². The molecule has 9 nitrogen and oxygen atoms in total. The predicted octanol–water partition coefficient (Wildman–Crippen LogP) is 2.98. The van der Waals surface area contributed by atoms with Crippen molar-refractivity contribution in [2.45, 2.75) is 12.5 Å². The lowest BCUT2D eigenvalue weighted by Gasteiger charge is -2.26. The Labute approximate surface area is 185 Å². The van der Waals surface area contributed by atoms with Gasteiger partial charge in [0.25, 0.3) is 17.4 Å². The number of ketones is 1. The standard InChI is InChI=1S/C23H25N3O6/c1-24(2)12-5-13-25-20(15-8-10-18(32-3)11-9-15)19(22(28)23(25)29)21(27)16-6-4-7-17(14-16)26(30)31/h4,6-11,14,20,27H,5,12-13H2,1-3H3/b21-19-. The van der Waals surface area contributed by atoms with Gasteiger partial charge in [0.05, 0.1) is 23.6 Å². The Morgan fingerprint density at radius 3 is 2.47 bits per heavy atom.